The lowest BCUT2D eigenvalue weighted by Crippen LogP contribution is -2.44. The van der Waals surface area contributed by atoms with Gasteiger partial charge in [-0.1, -0.05) is 13.8 Å². The van der Waals surface area contributed by atoms with Gasteiger partial charge in [0.05, 0.1) is 0 Å². The molecule has 0 aliphatic heterocycles. The Morgan fingerprint density at radius 1 is 1.31 bits per heavy atom. The Morgan fingerprint density at radius 2 is 1.77 bits per heavy atom. The van der Waals surface area contributed by atoms with Crippen LogP contribution in [0.4, 0.5) is 0 Å². The minimum atomic E-state index is -0.0961. The van der Waals surface area contributed by atoms with E-state index in [2.05, 4.69) is 39.4 Å². The lowest BCUT2D eigenvalue weighted by molar-refractivity contribution is -0.152. The number of nitrogens with two attached hydrogens (primary N) is 1. The summed E-state index contributed by atoms with van der Waals surface area (Å²) >= 11 is 0. The molecule has 2 heteroatoms. The van der Waals surface area contributed by atoms with Crippen LogP contribution in [0.1, 0.15) is 47.5 Å². The van der Waals surface area contributed by atoms with E-state index >= 15 is 0 Å². The van der Waals surface area contributed by atoms with Crippen LogP contribution in [0.15, 0.2) is 0 Å². The number of rotatable bonds is 5. The second-order valence-electron chi connectivity index (χ2n) is 5.00. The first-order chi connectivity index (χ1) is 5.75. The molecule has 0 saturated carbocycles. The van der Waals surface area contributed by atoms with Crippen molar-refractivity contribution in [1.29, 1.82) is 0 Å². The van der Waals surface area contributed by atoms with Crippen molar-refractivity contribution >= 4 is 0 Å². The molecule has 13 heavy (non-hydrogen) atoms. The predicted molar refractivity (Wildman–Crippen MR) is 58.9 cm³/mol. The topological polar surface area (TPSA) is 38.8 Å². The van der Waals surface area contributed by atoms with E-state index in [-0.39, 0.29) is 11.1 Å². The molecule has 2 nitrogen and oxygen atoms in total. The van der Waals surface area contributed by atoms with E-state index in [1.54, 1.807) is 0 Å². The van der Waals surface area contributed by atoms with Crippen LogP contribution in [-0.2, 0) is 0 Å². The van der Waals surface area contributed by atoms with Crippen molar-refractivity contribution in [2.24, 2.45) is 11.7 Å². The van der Waals surface area contributed by atoms with Gasteiger partial charge in [-0.3, -0.25) is 0 Å². The third kappa shape index (κ3) is 4.10. The van der Waals surface area contributed by atoms with Gasteiger partial charge in [-0.15, -0.1) is 0 Å². The van der Waals surface area contributed by atoms with Crippen molar-refractivity contribution < 1.29 is 4.74 Å². The first-order valence-corrected chi connectivity index (χ1v) is 5.15. The van der Waals surface area contributed by atoms with E-state index < -0.39 is 0 Å². The highest BCUT2D eigenvalue weighted by Crippen LogP contribution is 2.27. The van der Waals surface area contributed by atoms with Crippen LogP contribution in [0.5, 0.6) is 0 Å². The van der Waals surface area contributed by atoms with Gasteiger partial charge in [-0.05, 0) is 19.8 Å². The Kier molecular flexibility index (Phi) is 4.40. The third-order valence-electron chi connectivity index (χ3n) is 3.32. The smallest absolute Gasteiger partial charge is 0.161 e. The molecule has 0 bridgehead atoms. The van der Waals surface area contributed by atoms with Crippen LogP contribution >= 0.6 is 0 Å². The van der Waals surface area contributed by atoms with Gasteiger partial charge in [-0.2, -0.15) is 0 Å². The molecule has 0 aromatic carbocycles. The molecule has 0 fully saturated rings. The monoisotopic (exact) mass is 188 g/mol. The zero-order chi connectivity index (χ0) is 10.7. The molecule has 0 heterocycles. The van der Waals surface area contributed by atoms with E-state index in [1.807, 2.05) is 7.11 Å². The molecule has 0 spiro atoms. The fourth-order valence-electron chi connectivity index (χ4n) is 1.32. The van der Waals surface area contributed by atoms with Gasteiger partial charge in [-0.25, -0.2) is 0 Å². The maximum atomic E-state index is 6.05. The van der Waals surface area contributed by atoms with Crippen LogP contribution in [0, 0.1) is 5.92 Å². The van der Waals surface area contributed by atoms with Gasteiger partial charge in [0.25, 0.3) is 0 Å². The Hall–Kier alpha value is -0.0800. The summed E-state index contributed by atoms with van der Waals surface area (Å²) in [6, 6.07) is 0. The standard InChI is InChI=1S/C11H25NO/c1-7-11(5,13-6)8-9(2)10(3,4)12/h9H,7-8,12H2,1-6H3/p+1. The van der Waals surface area contributed by atoms with Gasteiger partial charge in [0.15, 0.2) is 5.60 Å². The highest BCUT2D eigenvalue weighted by atomic mass is 16.5. The van der Waals surface area contributed by atoms with E-state index in [1.165, 1.54) is 0 Å². The highest BCUT2D eigenvalue weighted by molar-refractivity contribution is 4.85. The summed E-state index contributed by atoms with van der Waals surface area (Å²) in [7, 11) is 1.90. The number of hydrogen-bond acceptors (Lipinski definition) is 1. The fourth-order valence-corrected chi connectivity index (χ4v) is 1.32. The largest absolute Gasteiger partial charge is 0.432 e. The molecule has 0 aromatic heterocycles. The van der Waals surface area contributed by atoms with Crippen molar-refractivity contribution in [1.82, 2.24) is 0 Å². The molecule has 0 aromatic rings. The first-order valence-electron chi connectivity index (χ1n) is 5.15. The van der Waals surface area contributed by atoms with Gasteiger partial charge in [0.1, 0.15) is 7.11 Å². The molecule has 0 aliphatic carbocycles. The molecular formula is C11H26NO+. The van der Waals surface area contributed by atoms with Gasteiger partial charge in [0, 0.05) is 25.3 Å². The number of hydrogen-bond donors (Lipinski definition) is 1. The van der Waals surface area contributed by atoms with Crippen molar-refractivity contribution in [2.45, 2.75) is 58.6 Å². The number of ether oxygens (including phenoxy) is 1. The summed E-state index contributed by atoms with van der Waals surface area (Å²) in [6.45, 7) is 10.8. The van der Waals surface area contributed by atoms with Crippen molar-refractivity contribution in [3.8, 4) is 0 Å². The van der Waals surface area contributed by atoms with Crippen LogP contribution in [0.25, 0.3) is 0 Å². The van der Waals surface area contributed by atoms with E-state index in [4.69, 9.17) is 5.73 Å². The Labute approximate surface area is 82.8 Å². The van der Waals surface area contributed by atoms with E-state index in [0.717, 1.165) is 12.8 Å². The lowest BCUT2D eigenvalue weighted by Gasteiger charge is -2.33. The molecule has 0 amide bonds. The van der Waals surface area contributed by atoms with E-state index in [0.29, 0.717) is 5.92 Å². The lowest BCUT2D eigenvalue weighted by atomic mass is 9.80. The second kappa shape index (κ2) is 4.43. The molecule has 0 aliphatic rings. The average Bonchev–Trinajstić information content (AvgIpc) is 2.02. The molecule has 0 saturated heterocycles. The molecule has 2 atom stereocenters. The summed E-state index contributed by atoms with van der Waals surface area (Å²) in [5.41, 5.74) is 6.06. The first kappa shape index (κ1) is 12.9. The van der Waals surface area contributed by atoms with Crippen molar-refractivity contribution in [3.63, 3.8) is 0 Å². The molecular weight excluding hydrogens is 162 g/mol. The van der Waals surface area contributed by atoms with E-state index in [9.17, 15) is 0 Å². The van der Waals surface area contributed by atoms with Gasteiger partial charge in [0.2, 0.25) is 0 Å². The Morgan fingerprint density at radius 3 is 2.00 bits per heavy atom. The highest BCUT2D eigenvalue weighted by Gasteiger charge is 2.33. The summed E-state index contributed by atoms with van der Waals surface area (Å²) in [5, 5.41) is 0. The molecule has 3 N–H and O–H groups in total. The van der Waals surface area contributed by atoms with Crippen molar-refractivity contribution in [3.05, 3.63) is 0 Å². The zero-order valence-electron chi connectivity index (χ0n) is 10.0. The Balaban J connectivity index is 4.25. The molecule has 0 rings (SSSR count). The fraction of sp³-hybridized carbons (Fsp3) is 1.00. The number of aliphatic hydroxyl groups is 2. The van der Waals surface area contributed by atoms with Gasteiger partial charge < -0.3 is 10.5 Å². The molecule has 80 valence electrons. The zero-order valence-corrected chi connectivity index (χ0v) is 10.0. The van der Waals surface area contributed by atoms with Crippen LogP contribution < -0.4 is 5.73 Å². The average molecular weight is 188 g/mol. The Bertz CT molecular complexity index is 145. The molecule has 0 radical (unpaired) electrons. The molecule has 2 unspecified atom stereocenters. The third-order valence-corrected chi connectivity index (χ3v) is 3.32. The summed E-state index contributed by atoms with van der Waals surface area (Å²) in [4.78, 5) is 0. The maximum absolute atomic E-state index is 6.05. The van der Waals surface area contributed by atoms with Crippen LogP contribution in [-0.4, -0.2) is 23.0 Å². The second-order valence-corrected chi connectivity index (χ2v) is 5.00. The van der Waals surface area contributed by atoms with Gasteiger partial charge >= 0.3 is 0 Å². The van der Waals surface area contributed by atoms with Crippen LogP contribution in [0.3, 0.4) is 0 Å². The minimum Gasteiger partial charge on any atom is -0.432 e. The summed E-state index contributed by atoms with van der Waals surface area (Å²) in [5.74, 6) is 0.501. The van der Waals surface area contributed by atoms with Crippen LogP contribution in [0.2, 0.25) is 0 Å². The summed E-state index contributed by atoms with van der Waals surface area (Å²) in [6.07, 6.45) is 2.16. The normalized spacial score (nSPS) is 19.6. The summed E-state index contributed by atoms with van der Waals surface area (Å²) < 4.78 is 4.44. The SMILES string of the molecule is CCC(C)(CC(C)C(C)(C)N)[OH+]C. The van der Waals surface area contributed by atoms with Crippen molar-refractivity contribution in [2.75, 3.05) is 7.11 Å². The predicted octanol–water partition coefficient (Wildman–Crippen LogP) is 2.08. The quantitative estimate of drug-likeness (QED) is 0.659. The minimum absolute atomic E-state index is 0.0961. The maximum Gasteiger partial charge on any atom is 0.161 e.